The first-order valence-corrected chi connectivity index (χ1v) is 11.0. The van der Waals surface area contributed by atoms with Crippen LogP contribution in [-0.4, -0.2) is 50.1 Å². The average molecular weight is 529 g/mol. The summed E-state index contributed by atoms with van der Waals surface area (Å²) in [5, 5.41) is 14.7. The van der Waals surface area contributed by atoms with E-state index in [1.165, 1.54) is 22.8 Å². The molecule has 0 bridgehead atoms. The fourth-order valence-electron chi connectivity index (χ4n) is 4.12. The lowest BCUT2D eigenvalue weighted by Crippen LogP contribution is -2.48. The molecule has 1 fully saturated rings. The summed E-state index contributed by atoms with van der Waals surface area (Å²) in [5.74, 6) is 0.323. The molecule has 1 aliphatic heterocycles. The quantitative estimate of drug-likeness (QED) is 0.366. The van der Waals surface area contributed by atoms with Crippen molar-refractivity contribution >= 4 is 17.6 Å². The van der Waals surface area contributed by atoms with Gasteiger partial charge in [0.1, 0.15) is 6.17 Å². The maximum absolute atomic E-state index is 14.9. The van der Waals surface area contributed by atoms with E-state index in [2.05, 4.69) is 25.6 Å². The van der Waals surface area contributed by atoms with Gasteiger partial charge in [0, 0.05) is 25.2 Å². The molecule has 2 atom stereocenters. The van der Waals surface area contributed by atoms with Gasteiger partial charge in [-0.1, -0.05) is 5.10 Å². The van der Waals surface area contributed by atoms with Gasteiger partial charge < -0.3 is 14.6 Å². The number of hydrogen-bond donors (Lipinski definition) is 1. The van der Waals surface area contributed by atoms with Crippen molar-refractivity contribution in [2.45, 2.75) is 37.9 Å². The number of hydrogen-bond acceptors (Lipinski definition) is 7. The number of fused-ring (bicyclic) bond motifs is 1. The van der Waals surface area contributed by atoms with E-state index in [1.807, 2.05) is 0 Å². The Bertz CT molecular complexity index is 1400. The summed E-state index contributed by atoms with van der Waals surface area (Å²) < 4.78 is 101. The molecule has 0 aliphatic carbocycles. The predicted molar refractivity (Wildman–Crippen MR) is 117 cm³/mol. The summed E-state index contributed by atoms with van der Waals surface area (Å²) in [6.07, 6.45) is -9.63. The third kappa shape index (κ3) is 5.02. The standard InChI is InChI=1S/C22H18F7N7O/c1-11-32-33-20(37-11)35-6-4-17(16(23)10-35)30-19-31-18-15(3-2-5-36(18)34-19)12-7-13(21(24,25)26)9-14(8-12)22(27,28)29/h2-3,5,7-9,16-17H,4,6,10H2,1H3,(H,30,34)/t16?,17-/m0/s1. The molecule has 37 heavy (non-hydrogen) atoms. The minimum Gasteiger partial charge on any atom is -0.408 e. The number of benzene rings is 1. The lowest BCUT2D eigenvalue weighted by atomic mass is 10.00. The normalized spacial score (nSPS) is 19.0. The SMILES string of the molecule is Cc1nnc(N2CC[C@H](Nc3nc4c(-c5cc(C(F)(F)F)cc(C(F)(F)F)c5)cccn4n3)C(F)C2)o1. The van der Waals surface area contributed by atoms with Crippen molar-refractivity contribution in [3.05, 3.63) is 53.5 Å². The second kappa shape index (κ2) is 8.88. The molecule has 4 heterocycles. The summed E-state index contributed by atoms with van der Waals surface area (Å²) in [6.45, 7) is 1.97. The molecule has 196 valence electrons. The number of nitrogens with one attached hydrogen (secondary N) is 1. The van der Waals surface area contributed by atoms with Crippen LogP contribution in [0.1, 0.15) is 23.4 Å². The van der Waals surface area contributed by atoms with Crippen LogP contribution in [0.3, 0.4) is 0 Å². The first kappa shape index (κ1) is 24.8. The molecule has 5 rings (SSSR count). The monoisotopic (exact) mass is 529 g/mol. The van der Waals surface area contributed by atoms with Crippen molar-refractivity contribution in [3.8, 4) is 11.1 Å². The van der Waals surface area contributed by atoms with Crippen molar-refractivity contribution in [1.29, 1.82) is 0 Å². The highest BCUT2D eigenvalue weighted by Gasteiger charge is 2.37. The average Bonchev–Trinajstić information content (AvgIpc) is 3.44. The van der Waals surface area contributed by atoms with E-state index in [1.54, 1.807) is 11.8 Å². The largest absolute Gasteiger partial charge is 0.416 e. The van der Waals surface area contributed by atoms with Crippen LogP contribution in [0.4, 0.5) is 42.7 Å². The van der Waals surface area contributed by atoms with Gasteiger partial charge in [-0.2, -0.15) is 31.3 Å². The van der Waals surface area contributed by atoms with Gasteiger partial charge in [0.15, 0.2) is 5.65 Å². The smallest absolute Gasteiger partial charge is 0.408 e. The molecular weight excluding hydrogens is 511 g/mol. The van der Waals surface area contributed by atoms with Gasteiger partial charge in [0.2, 0.25) is 11.8 Å². The highest BCUT2D eigenvalue weighted by Crippen LogP contribution is 2.39. The van der Waals surface area contributed by atoms with Crippen LogP contribution in [-0.2, 0) is 12.4 Å². The fraction of sp³-hybridized carbons (Fsp3) is 0.364. The Hall–Kier alpha value is -3.91. The Kier molecular flexibility index (Phi) is 5.95. The zero-order chi connectivity index (χ0) is 26.5. The third-order valence-corrected chi connectivity index (χ3v) is 5.90. The number of nitrogens with zero attached hydrogens (tertiary/aromatic N) is 6. The lowest BCUT2D eigenvalue weighted by Gasteiger charge is -2.33. The Labute approximate surface area is 204 Å². The van der Waals surface area contributed by atoms with E-state index >= 15 is 0 Å². The Morgan fingerprint density at radius 2 is 1.73 bits per heavy atom. The number of pyridine rings is 1. The van der Waals surface area contributed by atoms with E-state index < -0.39 is 35.7 Å². The second-order valence-electron chi connectivity index (χ2n) is 8.53. The van der Waals surface area contributed by atoms with Gasteiger partial charge in [-0.25, -0.2) is 8.91 Å². The van der Waals surface area contributed by atoms with Crippen molar-refractivity contribution in [2.75, 3.05) is 23.3 Å². The van der Waals surface area contributed by atoms with Crippen LogP contribution in [0.2, 0.25) is 0 Å². The molecule has 3 aromatic heterocycles. The molecule has 15 heteroatoms. The number of rotatable bonds is 4. The van der Waals surface area contributed by atoms with Gasteiger partial charge >= 0.3 is 18.4 Å². The van der Waals surface area contributed by atoms with E-state index in [-0.39, 0.29) is 41.3 Å². The molecule has 0 radical (unpaired) electrons. The van der Waals surface area contributed by atoms with E-state index in [4.69, 9.17) is 4.42 Å². The van der Waals surface area contributed by atoms with Crippen molar-refractivity contribution in [3.63, 3.8) is 0 Å². The second-order valence-corrected chi connectivity index (χ2v) is 8.53. The van der Waals surface area contributed by atoms with Gasteiger partial charge in [-0.3, -0.25) is 0 Å². The highest BCUT2D eigenvalue weighted by atomic mass is 19.4. The summed E-state index contributed by atoms with van der Waals surface area (Å²) in [6, 6.07) is 3.56. The topological polar surface area (TPSA) is 84.4 Å². The van der Waals surface area contributed by atoms with Gasteiger partial charge in [0.25, 0.3) is 0 Å². The maximum atomic E-state index is 14.9. The van der Waals surface area contributed by atoms with Crippen LogP contribution in [0.15, 0.2) is 40.9 Å². The molecule has 0 amide bonds. The minimum absolute atomic E-state index is 0.00182. The Morgan fingerprint density at radius 3 is 2.32 bits per heavy atom. The van der Waals surface area contributed by atoms with Gasteiger partial charge in [-0.15, -0.1) is 10.2 Å². The molecule has 1 saturated heterocycles. The molecule has 1 aromatic carbocycles. The number of aryl methyl sites for hydroxylation is 1. The predicted octanol–water partition coefficient (Wildman–Crippen LogP) is 5.15. The summed E-state index contributed by atoms with van der Waals surface area (Å²) in [7, 11) is 0. The number of anilines is 2. The van der Waals surface area contributed by atoms with Crippen molar-refractivity contribution in [2.24, 2.45) is 0 Å². The zero-order valence-corrected chi connectivity index (χ0v) is 19.0. The fourth-order valence-corrected chi connectivity index (χ4v) is 4.12. The molecule has 4 aromatic rings. The van der Waals surface area contributed by atoms with E-state index in [0.717, 1.165) is 0 Å². The van der Waals surface area contributed by atoms with Crippen LogP contribution >= 0.6 is 0 Å². The molecule has 8 nitrogen and oxygen atoms in total. The Balaban J connectivity index is 1.43. The molecule has 1 aliphatic rings. The highest BCUT2D eigenvalue weighted by molar-refractivity contribution is 5.79. The van der Waals surface area contributed by atoms with Crippen LogP contribution in [0.25, 0.3) is 16.8 Å². The first-order chi connectivity index (χ1) is 17.4. The lowest BCUT2D eigenvalue weighted by molar-refractivity contribution is -0.143. The molecular formula is C22H18F7N7O. The van der Waals surface area contributed by atoms with Crippen molar-refractivity contribution < 1.29 is 35.2 Å². The van der Waals surface area contributed by atoms with E-state index in [0.29, 0.717) is 31.0 Å². The summed E-state index contributed by atoms with van der Waals surface area (Å²) >= 11 is 0. The molecule has 0 spiro atoms. The van der Waals surface area contributed by atoms with Crippen molar-refractivity contribution in [1.82, 2.24) is 24.8 Å². The van der Waals surface area contributed by atoms with Crippen LogP contribution in [0.5, 0.6) is 0 Å². The molecule has 1 N–H and O–H groups in total. The number of alkyl halides is 7. The summed E-state index contributed by atoms with van der Waals surface area (Å²) in [5.41, 5.74) is -3.22. The third-order valence-electron chi connectivity index (χ3n) is 5.90. The number of halogens is 7. The van der Waals surface area contributed by atoms with Crippen LogP contribution in [0, 0.1) is 6.92 Å². The minimum atomic E-state index is -4.99. The number of aromatic nitrogens is 5. The Morgan fingerprint density at radius 1 is 1.03 bits per heavy atom. The number of piperidine rings is 1. The van der Waals surface area contributed by atoms with E-state index in [9.17, 15) is 30.7 Å². The van der Waals surface area contributed by atoms with Crippen LogP contribution < -0.4 is 10.2 Å². The summed E-state index contributed by atoms with van der Waals surface area (Å²) in [4.78, 5) is 5.84. The maximum Gasteiger partial charge on any atom is 0.416 e. The zero-order valence-electron chi connectivity index (χ0n) is 19.0. The van der Waals surface area contributed by atoms with Gasteiger partial charge in [-0.05, 0) is 42.3 Å². The van der Waals surface area contributed by atoms with Gasteiger partial charge in [0.05, 0.1) is 23.7 Å². The molecule has 0 saturated carbocycles. The first-order valence-electron chi connectivity index (χ1n) is 11.0. The molecule has 1 unspecified atom stereocenters.